The SMILES string of the molecule is Fc1ccc(Oc2ccc3c(-c4ccccc4F)noc3n2)cc1. The fourth-order valence-corrected chi connectivity index (χ4v) is 2.34. The Morgan fingerprint density at radius 1 is 0.875 bits per heavy atom. The van der Waals surface area contributed by atoms with Crippen LogP contribution >= 0.6 is 0 Å². The zero-order valence-electron chi connectivity index (χ0n) is 12.2. The van der Waals surface area contributed by atoms with Crippen molar-refractivity contribution in [3.05, 3.63) is 72.3 Å². The zero-order valence-corrected chi connectivity index (χ0v) is 12.2. The molecule has 0 bridgehead atoms. The summed E-state index contributed by atoms with van der Waals surface area (Å²) in [5.41, 5.74) is 0.946. The average Bonchev–Trinajstić information content (AvgIpc) is 3.00. The summed E-state index contributed by atoms with van der Waals surface area (Å²) in [6.45, 7) is 0. The van der Waals surface area contributed by atoms with E-state index in [0.29, 0.717) is 22.4 Å². The van der Waals surface area contributed by atoms with E-state index in [0.717, 1.165) is 0 Å². The van der Waals surface area contributed by atoms with Gasteiger partial charge in [0, 0.05) is 11.6 Å². The number of nitrogens with zero attached hydrogens (tertiary/aromatic N) is 2. The van der Waals surface area contributed by atoms with Gasteiger partial charge in [0.25, 0.3) is 5.71 Å². The fraction of sp³-hybridized carbons (Fsp3) is 0. The van der Waals surface area contributed by atoms with Crippen LogP contribution in [0, 0.1) is 11.6 Å². The summed E-state index contributed by atoms with van der Waals surface area (Å²) in [5, 5.41) is 4.48. The van der Waals surface area contributed by atoms with Crippen LogP contribution in [0.2, 0.25) is 0 Å². The lowest BCUT2D eigenvalue weighted by molar-refractivity contribution is 0.433. The minimum Gasteiger partial charge on any atom is -0.439 e. The van der Waals surface area contributed by atoms with Crippen molar-refractivity contribution >= 4 is 11.1 Å². The molecule has 0 aliphatic heterocycles. The molecule has 6 heteroatoms. The molecule has 2 heterocycles. The van der Waals surface area contributed by atoms with Crippen molar-refractivity contribution in [2.24, 2.45) is 0 Å². The van der Waals surface area contributed by atoms with Crippen LogP contribution in [-0.4, -0.2) is 10.1 Å². The van der Waals surface area contributed by atoms with Crippen molar-refractivity contribution in [3.63, 3.8) is 0 Å². The van der Waals surface area contributed by atoms with Gasteiger partial charge < -0.3 is 9.26 Å². The molecule has 0 spiro atoms. The number of halogens is 2. The maximum absolute atomic E-state index is 13.9. The van der Waals surface area contributed by atoms with Gasteiger partial charge in [0.05, 0.1) is 5.39 Å². The highest BCUT2D eigenvalue weighted by Crippen LogP contribution is 2.30. The zero-order chi connectivity index (χ0) is 16.5. The van der Waals surface area contributed by atoms with Crippen LogP contribution in [0.3, 0.4) is 0 Å². The molecule has 0 aliphatic rings. The molecule has 0 unspecified atom stereocenters. The Hall–Kier alpha value is -3.28. The van der Waals surface area contributed by atoms with Crippen LogP contribution in [0.25, 0.3) is 22.4 Å². The lowest BCUT2D eigenvalue weighted by Gasteiger charge is -2.04. The van der Waals surface area contributed by atoms with Gasteiger partial charge in [-0.2, -0.15) is 4.98 Å². The van der Waals surface area contributed by atoms with Gasteiger partial charge >= 0.3 is 0 Å². The lowest BCUT2D eigenvalue weighted by Crippen LogP contribution is -1.88. The predicted octanol–water partition coefficient (Wildman–Crippen LogP) is 4.96. The number of hydrogen-bond donors (Lipinski definition) is 0. The summed E-state index contributed by atoms with van der Waals surface area (Å²) in [6, 6.07) is 15.2. The van der Waals surface area contributed by atoms with Crippen molar-refractivity contribution in [1.82, 2.24) is 10.1 Å². The summed E-state index contributed by atoms with van der Waals surface area (Å²) in [4.78, 5) is 4.20. The molecule has 0 aliphatic carbocycles. The standard InChI is InChI=1S/C18H10F2N2O2/c19-11-5-7-12(8-6-11)23-16-10-9-14-17(22-24-18(14)21-16)13-3-1-2-4-15(13)20/h1-10H. The Balaban J connectivity index is 1.70. The summed E-state index contributed by atoms with van der Waals surface area (Å²) in [7, 11) is 0. The molecule has 2 aromatic heterocycles. The first-order valence-corrected chi connectivity index (χ1v) is 7.15. The van der Waals surface area contributed by atoms with E-state index < -0.39 is 0 Å². The van der Waals surface area contributed by atoms with Gasteiger partial charge in [-0.25, -0.2) is 8.78 Å². The summed E-state index contributed by atoms with van der Waals surface area (Å²) < 4.78 is 37.6. The number of pyridine rings is 1. The topological polar surface area (TPSA) is 48.2 Å². The van der Waals surface area contributed by atoms with Crippen LogP contribution in [0.5, 0.6) is 11.6 Å². The van der Waals surface area contributed by atoms with E-state index in [-0.39, 0.29) is 23.2 Å². The monoisotopic (exact) mass is 324 g/mol. The number of rotatable bonds is 3. The first kappa shape index (κ1) is 14.3. The Bertz CT molecular complexity index is 1010. The molecular weight excluding hydrogens is 314 g/mol. The largest absolute Gasteiger partial charge is 0.439 e. The molecule has 0 fully saturated rings. The number of hydrogen-bond acceptors (Lipinski definition) is 4. The number of aromatic nitrogens is 2. The first-order chi connectivity index (χ1) is 11.7. The fourth-order valence-electron chi connectivity index (χ4n) is 2.34. The second-order valence-corrected chi connectivity index (χ2v) is 5.07. The molecule has 2 aromatic carbocycles. The summed E-state index contributed by atoms with van der Waals surface area (Å²) in [5.74, 6) is -0.0303. The summed E-state index contributed by atoms with van der Waals surface area (Å²) in [6.07, 6.45) is 0. The van der Waals surface area contributed by atoms with Crippen molar-refractivity contribution in [2.45, 2.75) is 0 Å². The van der Waals surface area contributed by atoms with E-state index in [1.165, 1.54) is 30.3 Å². The van der Waals surface area contributed by atoms with Crippen molar-refractivity contribution < 1.29 is 18.0 Å². The third kappa shape index (κ3) is 2.58. The van der Waals surface area contributed by atoms with Crippen LogP contribution in [0.15, 0.2) is 65.2 Å². The van der Waals surface area contributed by atoms with Crippen LogP contribution in [0.4, 0.5) is 8.78 Å². The van der Waals surface area contributed by atoms with Crippen LogP contribution in [0.1, 0.15) is 0 Å². The maximum Gasteiger partial charge on any atom is 0.261 e. The average molecular weight is 324 g/mol. The molecule has 0 atom stereocenters. The second-order valence-electron chi connectivity index (χ2n) is 5.07. The van der Waals surface area contributed by atoms with Gasteiger partial charge in [-0.3, -0.25) is 0 Å². The normalized spacial score (nSPS) is 10.9. The molecule has 0 radical (unpaired) electrons. The Morgan fingerprint density at radius 3 is 2.46 bits per heavy atom. The highest BCUT2D eigenvalue weighted by Gasteiger charge is 2.15. The van der Waals surface area contributed by atoms with Crippen molar-refractivity contribution in [3.8, 4) is 22.9 Å². The molecule has 4 rings (SSSR count). The molecule has 24 heavy (non-hydrogen) atoms. The number of fused-ring (bicyclic) bond motifs is 1. The van der Waals surface area contributed by atoms with E-state index in [1.807, 2.05) is 0 Å². The lowest BCUT2D eigenvalue weighted by atomic mass is 10.1. The quantitative estimate of drug-likeness (QED) is 0.534. The van der Waals surface area contributed by atoms with E-state index >= 15 is 0 Å². The van der Waals surface area contributed by atoms with Gasteiger partial charge in [0.2, 0.25) is 5.88 Å². The Labute approximate surface area is 135 Å². The van der Waals surface area contributed by atoms with E-state index in [2.05, 4.69) is 10.1 Å². The molecule has 0 saturated heterocycles. The number of ether oxygens (including phenoxy) is 1. The second kappa shape index (κ2) is 5.73. The minimum absolute atomic E-state index is 0.230. The Morgan fingerprint density at radius 2 is 1.67 bits per heavy atom. The first-order valence-electron chi connectivity index (χ1n) is 7.15. The third-order valence-electron chi connectivity index (χ3n) is 3.48. The van der Waals surface area contributed by atoms with Crippen LogP contribution in [-0.2, 0) is 0 Å². The van der Waals surface area contributed by atoms with Gasteiger partial charge in [-0.05, 0) is 42.5 Å². The molecule has 4 nitrogen and oxygen atoms in total. The van der Waals surface area contributed by atoms with Crippen LogP contribution < -0.4 is 4.74 Å². The van der Waals surface area contributed by atoms with E-state index in [9.17, 15) is 8.78 Å². The smallest absolute Gasteiger partial charge is 0.261 e. The molecule has 4 aromatic rings. The van der Waals surface area contributed by atoms with Gasteiger partial charge in [-0.1, -0.05) is 17.3 Å². The molecule has 0 N–H and O–H groups in total. The summed E-state index contributed by atoms with van der Waals surface area (Å²) >= 11 is 0. The van der Waals surface area contributed by atoms with Gasteiger partial charge in [0.15, 0.2) is 0 Å². The van der Waals surface area contributed by atoms with E-state index in [1.54, 1.807) is 30.3 Å². The highest BCUT2D eigenvalue weighted by atomic mass is 19.1. The van der Waals surface area contributed by atoms with Gasteiger partial charge in [0.1, 0.15) is 23.1 Å². The highest BCUT2D eigenvalue weighted by molar-refractivity contribution is 5.89. The minimum atomic E-state index is -0.390. The molecular formula is C18H10F2N2O2. The predicted molar refractivity (Wildman–Crippen MR) is 83.7 cm³/mol. The van der Waals surface area contributed by atoms with E-state index in [4.69, 9.17) is 9.26 Å². The third-order valence-corrected chi connectivity index (χ3v) is 3.48. The van der Waals surface area contributed by atoms with Crippen molar-refractivity contribution in [1.29, 1.82) is 0 Å². The number of benzene rings is 2. The maximum atomic E-state index is 13.9. The molecule has 0 saturated carbocycles. The Kier molecular flexibility index (Phi) is 3.42. The van der Waals surface area contributed by atoms with Crippen molar-refractivity contribution in [2.75, 3.05) is 0 Å². The molecule has 118 valence electrons. The molecule has 0 amide bonds. The van der Waals surface area contributed by atoms with Gasteiger partial charge in [-0.15, -0.1) is 0 Å².